The zero-order chi connectivity index (χ0) is 15.6. The third-order valence-corrected chi connectivity index (χ3v) is 4.46. The van der Waals surface area contributed by atoms with Crippen molar-refractivity contribution in [2.24, 2.45) is 0 Å². The van der Waals surface area contributed by atoms with E-state index in [0.717, 1.165) is 18.5 Å². The maximum absolute atomic E-state index is 6.39. The van der Waals surface area contributed by atoms with Gasteiger partial charge in [-0.2, -0.15) is 0 Å². The van der Waals surface area contributed by atoms with Gasteiger partial charge in [-0.3, -0.25) is 0 Å². The molecule has 0 radical (unpaired) electrons. The molecule has 1 fully saturated rings. The Hall–Kier alpha value is -1.07. The van der Waals surface area contributed by atoms with Crippen molar-refractivity contribution in [3.8, 4) is 0 Å². The van der Waals surface area contributed by atoms with E-state index in [4.69, 9.17) is 32.7 Å². The van der Waals surface area contributed by atoms with Crippen LogP contribution in [0.3, 0.4) is 0 Å². The summed E-state index contributed by atoms with van der Waals surface area (Å²) in [5.41, 5.74) is 0.828. The predicted octanol–water partition coefficient (Wildman–Crippen LogP) is 4.26. The molecule has 2 heterocycles. The highest BCUT2D eigenvalue weighted by molar-refractivity contribution is 6.35. The summed E-state index contributed by atoms with van der Waals surface area (Å²) in [5, 5.41) is 1.17. The molecule has 1 aromatic heterocycles. The van der Waals surface area contributed by atoms with E-state index in [1.807, 2.05) is 22.9 Å². The minimum atomic E-state index is -0.827. The fourth-order valence-corrected chi connectivity index (χ4v) is 3.22. The number of rotatable bonds is 5. The Balaban J connectivity index is 1.89. The van der Waals surface area contributed by atoms with E-state index in [9.17, 15) is 0 Å². The van der Waals surface area contributed by atoms with Crippen LogP contribution in [0.1, 0.15) is 25.3 Å². The van der Waals surface area contributed by atoms with Gasteiger partial charge >= 0.3 is 0 Å². The van der Waals surface area contributed by atoms with Gasteiger partial charge in [-0.15, -0.1) is 0 Å². The number of hydrogen-bond acceptors (Lipinski definition) is 3. The van der Waals surface area contributed by atoms with Gasteiger partial charge in [0.2, 0.25) is 0 Å². The number of aromatic nitrogens is 2. The SMILES string of the molecule is CCC1COC(CCn2ccnc2)(c2ccc(Cl)cc2Cl)O1. The second kappa shape index (κ2) is 6.59. The summed E-state index contributed by atoms with van der Waals surface area (Å²) in [6.45, 7) is 3.39. The lowest BCUT2D eigenvalue weighted by Crippen LogP contribution is -2.30. The van der Waals surface area contributed by atoms with Gasteiger partial charge < -0.3 is 14.0 Å². The third-order valence-electron chi connectivity index (χ3n) is 3.91. The lowest BCUT2D eigenvalue weighted by Gasteiger charge is -2.29. The lowest BCUT2D eigenvalue weighted by atomic mass is 10.0. The number of halogens is 2. The van der Waals surface area contributed by atoms with E-state index in [1.165, 1.54) is 0 Å². The average Bonchev–Trinajstić information content (AvgIpc) is 3.15. The summed E-state index contributed by atoms with van der Waals surface area (Å²) in [6.07, 6.45) is 7.09. The molecule has 6 heteroatoms. The average molecular weight is 341 g/mol. The highest BCUT2D eigenvalue weighted by Crippen LogP contribution is 2.42. The summed E-state index contributed by atoms with van der Waals surface area (Å²) in [7, 11) is 0. The summed E-state index contributed by atoms with van der Waals surface area (Å²) in [6, 6.07) is 5.42. The molecule has 1 saturated heterocycles. The first-order chi connectivity index (χ1) is 10.6. The number of aryl methyl sites for hydroxylation is 1. The van der Waals surface area contributed by atoms with Crippen LogP contribution in [0.4, 0.5) is 0 Å². The molecule has 0 spiro atoms. The smallest absolute Gasteiger partial charge is 0.198 e. The zero-order valence-corrected chi connectivity index (χ0v) is 13.8. The van der Waals surface area contributed by atoms with Crippen LogP contribution in [0.25, 0.3) is 0 Å². The lowest BCUT2D eigenvalue weighted by molar-refractivity contribution is -0.183. The van der Waals surface area contributed by atoms with Crippen LogP contribution in [0, 0.1) is 0 Å². The molecule has 1 aliphatic heterocycles. The molecule has 2 aromatic rings. The first-order valence-corrected chi connectivity index (χ1v) is 8.11. The van der Waals surface area contributed by atoms with Gasteiger partial charge in [0.1, 0.15) is 0 Å². The van der Waals surface area contributed by atoms with Crippen molar-refractivity contribution in [2.45, 2.75) is 38.2 Å². The number of benzene rings is 1. The van der Waals surface area contributed by atoms with E-state index in [0.29, 0.717) is 23.1 Å². The molecular weight excluding hydrogens is 323 g/mol. The topological polar surface area (TPSA) is 36.3 Å². The van der Waals surface area contributed by atoms with Gasteiger partial charge in [0.25, 0.3) is 0 Å². The first kappa shape index (κ1) is 15.8. The Morgan fingerprint density at radius 3 is 2.91 bits per heavy atom. The van der Waals surface area contributed by atoms with Crippen LogP contribution in [-0.4, -0.2) is 22.3 Å². The van der Waals surface area contributed by atoms with Gasteiger partial charge in [0.15, 0.2) is 5.79 Å². The molecule has 2 atom stereocenters. The van der Waals surface area contributed by atoms with Crippen molar-refractivity contribution in [2.75, 3.05) is 6.61 Å². The van der Waals surface area contributed by atoms with E-state index in [-0.39, 0.29) is 6.10 Å². The number of hydrogen-bond donors (Lipinski definition) is 0. The van der Waals surface area contributed by atoms with E-state index in [2.05, 4.69) is 11.9 Å². The van der Waals surface area contributed by atoms with Gasteiger partial charge in [0.05, 0.1) is 24.1 Å². The quantitative estimate of drug-likeness (QED) is 0.815. The molecule has 1 aliphatic rings. The third kappa shape index (κ3) is 3.15. The summed E-state index contributed by atoms with van der Waals surface area (Å²) in [5.74, 6) is -0.827. The molecule has 118 valence electrons. The van der Waals surface area contributed by atoms with Crippen LogP contribution in [0.5, 0.6) is 0 Å². The van der Waals surface area contributed by atoms with Gasteiger partial charge in [0, 0.05) is 35.9 Å². The van der Waals surface area contributed by atoms with Crippen molar-refractivity contribution in [3.63, 3.8) is 0 Å². The molecule has 0 aliphatic carbocycles. The molecule has 4 nitrogen and oxygen atoms in total. The summed E-state index contributed by atoms with van der Waals surface area (Å²) in [4.78, 5) is 4.06. The molecule has 0 bridgehead atoms. The molecular formula is C16H18Cl2N2O2. The van der Waals surface area contributed by atoms with Crippen LogP contribution in [0.2, 0.25) is 10.0 Å². The fourth-order valence-electron chi connectivity index (χ4n) is 2.67. The summed E-state index contributed by atoms with van der Waals surface area (Å²) < 4.78 is 14.3. The maximum Gasteiger partial charge on any atom is 0.198 e. The van der Waals surface area contributed by atoms with Crippen LogP contribution >= 0.6 is 23.2 Å². The second-order valence-corrected chi connectivity index (χ2v) is 6.23. The standard InChI is InChI=1S/C16H18Cl2N2O2/c1-2-13-10-21-16(22-13,5-7-20-8-6-19-11-20)14-4-3-12(17)9-15(14)18/h3-4,6,8-9,11,13H,2,5,7,10H2,1H3. The zero-order valence-electron chi connectivity index (χ0n) is 12.3. The van der Waals surface area contributed by atoms with Crippen molar-refractivity contribution < 1.29 is 9.47 Å². The normalized spacial score (nSPS) is 24.8. The molecule has 2 unspecified atom stereocenters. The number of imidazole rings is 1. The van der Waals surface area contributed by atoms with E-state index < -0.39 is 5.79 Å². The van der Waals surface area contributed by atoms with Crippen LogP contribution < -0.4 is 0 Å². The molecule has 3 rings (SSSR count). The monoisotopic (exact) mass is 340 g/mol. The number of ether oxygens (including phenoxy) is 2. The Labute approximate surface area is 140 Å². The maximum atomic E-state index is 6.39. The molecule has 0 saturated carbocycles. The van der Waals surface area contributed by atoms with Crippen molar-refractivity contribution in [1.29, 1.82) is 0 Å². The minimum Gasteiger partial charge on any atom is -0.343 e. The van der Waals surface area contributed by atoms with Crippen molar-refractivity contribution >= 4 is 23.2 Å². The van der Waals surface area contributed by atoms with Crippen molar-refractivity contribution in [3.05, 3.63) is 52.5 Å². The Kier molecular flexibility index (Phi) is 4.73. The first-order valence-electron chi connectivity index (χ1n) is 7.36. The predicted molar refractivity (Wildman–Crippen MR) is 86.1 cm³/mol. The van der Waals surface area contributed by atoms with Gasteiger partial charge in [-0.1, -0.05) is 36.2 Å². The van der Waals surface area contributed by atoms with Gasteiger partial charge in [-0.05, 0) is 18.6 Å². The molecule has 0 N–H and O–H groups in total. The highest BCUT2D eigenvalue weighted by Gasteiger charge is 2.43. The number of nitrogens with zero attached hydrogens (tertiary/aromatic N) is 2. The summed E-state index contributed by atoms with van der Waals surface area (Å²) >= 11 is 12.4. The minimum absolute atomic E-state index is 0.0783. The highest BCUT2D eigenvalue weighted by atomic mass is 35.5. The fraction of sp³-hybridized carbons (Fsp3) is 0.438. The van der Waals surface area contributed by atoms with E-state index in [1.54, 1.807) is 18.6 Å². The largest absolute Gasteiger partial charge is 0.343 e. The van der Waals surface area contributed by atoms with Crippen molar-refractivity contribution in [1.82, 2.24) is 9.55 Å². The molecule has 22 heavy (non-hydrogen) atoms. The Morgan fingerprint density at radius 1 is 1.41 bits per heavy atom. The molecule has 0 amide bonds. The van der Waals surface area contributed by atoms with Gasteiger partial charge in [-0.25, -0.2) is 4.98 Å². The van der Waals surface area contributed by atoms with E-state index >= 15 is 0 Å². The Morgan fingerprint density at radius 2 is 2.27 bits per heavy atom. The van der Waals surface area contributed by atoms with Crippen LogP contribution in [0.15, 0.2) is 36.9 Å². The molecule has 1 aromatic carbocycles. The Bertz CT molecular complexity index is 633. The second-order valence-electron chi connectivity index (χ2n) is 5.39. The van der Waals surface area contributed by atoms with Crippen LogP contribution in [-0.2, 0) is 21.8 Å².